The Hall–Kier alpha value is -4.15. The first-order valence-corrected chi connectivity index (χ1v) is 10.9. The Kier molecular flexibility index (Phi) is 5.75. The Morgan fingerprint density at radius 2 is 1.91 bits per heavy atom. The van der Waals surface area contributed by atoms with Gasteiger partial charge in [0.15, 0.2) is 0 Å². The van der Waals surface area contributed by atoms with E-state index in [4.69, 9.17) is 4.42 Å². The number of oxazole rings is 1. The number of rotatable bonds is 5. The van der Waals surface area contributed by atoms with Gasteiger partial charge in [0.2, 0.25) is 5.89 Å². The number of halogens is 3. The number of aryl methyl sites for hydroxylation is 1. The van der Waals surface area contributed by atoms with E-state index < -0.39 is 12.4 Å². The lowest BCUT2D eigenvalue weighted by Gasteiger charge is -2.23. The first-order chi connectivity index (χ1) is 16.8. The molecule has 4 aromatic rings. The molecular weight excluding hydrogens is 463 g/mol. The van der Waals surface area contributed by atoms with E-state index in [0.29, 0.717) is 24.2 Å². The molecule has 1 aliphatic heterocycles. The van der Waals surface area contributed by atoms with Gasteiger partial charge in [-0.1, -0.05) is 23.8 Å². The topological polar surface area (TPSA) is 86.3 Å². The first kappa shape index (κ1) is 22.6. The minimum atomic E-state index is -4.84. The van der Waals surface area contributed by atoms with E-state index in [0.717, 1.165) is 12.0 Å². The lowest BCUT2D eigenvalue weighted by atomic mass is 10.1. The van der Waals surface area contributed by atoms with Gasteiger partial charge >= 0.3 is 6.36 Å². The van der Waals surface area contributed by atoms with Crippen LogP contribution in [0.3, 0.4) is 0 Å². The van der Waals surface area contributed by atoms with Crippen LogP contribution in [-0.2, 0) is 0 Å². The summed E-state index contributed by atoms with van der Waals surface area (Å²) in [5, 5.41) is 8.29. The van der Waals surface area contributed by atoms with Crippen molar-refractivity contribution in [1.82, 2.24) is 24.9 Å². The van der Waals surface area contributed by atoms with Crippen molar-refractivity contribution in [3.63, 3.8) is 0 Å². The maximum Gasteiger partial charge on any atom is 0.573 e. The molecule has 2 aromatic carbocycles. The highest BCUT2D eigenvalue weighted by molar-refractivity contribution is 5.98. The summed E-state index contributed by atoms with van der Waals surface area (Å²) in [4.78, 5) is 21.1. The number of hydrogen-bond donors (Lipinski definition) is 0. The maximum atomic E-state index is 13.6. The second kappa shape index (κ2) is 8.90. The molecule has 0 saturated carbocycles. The summed E-state index contributed by atoms with van der Waals surface area (Å²) in [6.45, 7) is 2.37. The van der Waals surface area contributed by atoms with Crippen molar-refractivity contribution in [2.45, 2.75) is 32.2 Å². The molecule has 1 aliphatic rings. The van der Waals surface area contributed by atoms with Gasteiger partial charge in [-0.3, -0.25) is 4.79 Å². The quantitative estimate of drug-likeness (QED) is 0.392. The van der Waals surface area contributed by atoms with E-state index in [9.17, 15) is 18.0 Å². The highest BCUT2D eigenvalue weighted by Gasteiger charge is 2.36. The summed E-state index contributed by atoms with van der Waals surface area (Å²) in [5.74, 6) is -0.363. The smallest absolute Gasteiger partial charge is 0.446 e. The Morgan fingerprint density at radius 1 is 1.14 bits per heavy atom. The first-order valence-electron chi connectivity index (χ1n) is 10.9. The molecule has 5 rings (SSSR count). The summed E-state index contributed by atoms with van der Waals surface area (Å²) in [5.41, 5.74) is 2.21. The molecule has 1 amide bonds. The molecule has 0 aliphatic carbocycles. The number of hydrogen-bond acceptors (Lipinski definition) is 6. The Morgan fingerprint density at radius 3 is 2.69 bits per heavy atom. The summed E-state index contributed by atoms with van der Waals surface area (Å²) in [6.07, 6.45) is 0.826. The van der Waals surface area contributed by atoms with Crippen LogP contribution < -0.4 is 4.74 Å². The third-order valence-electron chi connectivity index (χ3n) is 5.73. The SMILES string of the molecule is Cc1ccc(-n2nccn2)c(C(=O)N2CCC[C@H]2c2nc(-c3ccccc3OC(F)(F)F)co2)c1. The van der Waals surface area contributed by atoms with Gasteiger partial charge in [0.05, 0.1) is 23.6 Å². The molecule has 0 spiro atoms. The molecule has 3 heterocycles. The van der Waals surface area contributed by atoms with Crippen LogP contribution in [0, 0.1) is 6.92 Å². The Balaban J connectivity index is 1.45. The number of carbonyl (C=O) groups is 1. The number of ether oxygens (including phenoxy) is 1. The number of carbonyl (C=O) groups excluding carboxylic acids is 1. The van der Waals surface area contributed by atoms with Crippen molar-refractivity contribution in [3.05, 3.63) is 78.1 Å². The zero-order valence-corrected chi connectivity index (χ0v) is 18.6. The van der Waals surface area contributed by atoms with E-state index >= 15 is 0 Å². The molecule has 0 N–H and O–H groups in total. The number of amides is 1. The van der Waals surface area contributed by atoms with Crippen molar-refractivity contribution in [1.29, 1.82) is 0 Å². The fourth-order valence-corrected chi connectivity index (χ4v) is 4.21. The fraction of sp³-hybridized carbons (Fsp3) is 0.250. The Labute approximate surface area is 197 Å². The molecule has 2 aromatic heterocycles. The monoisotopic (exact) mass is 483 g/mol. The number of aromatic nitrogens is 4. The molecule has 1 saturated heterocycles. The Bertz CT molecular complexity index is 1350. The summed E-state index contributed by atoms with van der Waals surface area (Å²) in [6, 6.07) is 10.7. The molecule has 35 heavy (non-hydrogen) atoms. The van der Waals surface area contributed by atoms with E-state index in [1.807, 2.05) is 13.0 Å². The summed E-state index contributed by atoms with van der Waals surface area (Å²) >= 11 is 0. The van der Waals surface area contributed by atoms with Crippen LogP contribution in [0.4, 0.5) is 13.2 Å². The second-order valence-electron chi connectivity index (χ2n) is 8.11. The van der Waals surface area contributed by atoms with Gasteiger partial charge in [0, 0.05) is 12.1 Å². The van der Waals surface area contributed by atoms with Crippen LogP contribution >= 0.6 is 0 Å². The minimum absolute atomic E-state index is 0.140. The van der Waals surface area contributed by atoms with E-state index in [1.165, 1.54) is 41.7 Å². The van der Waals surface area contributed by atoms with Gasteiger partial charge < -0.3 is 14.1 Å². The minimum Gasteiger partial charge on any atom is -0.446 e. The zero-order valence-electron chi connectivity index (χ0n) is 18.6. The van der Waals surface area contributed by atoms with Gasteiger partial charge in [-0.2, -0.15) is 15.0 Å². The molecular formula is C24H20F3N5O3. The van der Waals surface area contributed by atoms with Crippen molar-refractivity contribution in [2.24, 2.45) is 0 Å². The van der Waals surface area contributed by atoms with E-state index in [2.05, 4.69) is 19.9 Å². The predicted octanol–water partition coefficient (Wildman–Crippen LogP) is 5.11. The number of alkyl halides is 3. The molecule has 8 nitrogen and oxygen atoms in total. The van der Waals surface area contributed by atoms with Crippen LogP contribution in [-0.4, -0.2) is 43.7 Å². The van der Waals surface area contributed by atoms with Crippen LogP contribution in [0.2, 0.25) is 0 Å². The summed E-state index contributed by atoms with van der Waals surface area (Å²) in [7, 11) is 0. The maximum absolute atomic E-state index is 13.6. The van der Waals surface area contributed by atoms with Crippen molar-refractivity contribution in [3.8, 4) is 22.7 Å². The number of para-hydroxylation sites is 1. The highest BCUT2D eigenvalue weighted by Crippen LogP contribution is 2.37. The number of nitrogens with zero attached hydrogens (tertiary/aromatic N) is 5. The number of benzene rings is 2. The van der Waals surface area contributed by atoms with Crippen LogP contribution in [0.1, 0.15) is 40.7 Å². The molecule has 0 bridgehead atoms. The van der Waals surface area contributed by atoms with Crippen LogP contribution in [0.15, 0.2) is 65.5 Å². The van der Waals surface area contributed by atoms with Crippen molar-refractivity contribution in [2.75, 3.05) is 6.54 Å². The molecule has 11 heteroatoms. The molecule has 180 valence electrons. The standard InChI is InChI=1S/C24H20F3N5O3/c1-15-8-9-19(32-28-10-11-29-32)17(13-15)23(33)31-12-4-6-20(31)22-30-18(14-34-22)16-5-2-3-7-21(16)35-24(25,26)27/h2-3,5,7-11,13-14,20H,4,6,12H2,1H3/t20-/m0/s1. The third kappa shape index (κ3) is 4.61. The van der Waals surface area contributed by atoms with Crippen LogP contribution in [0.5, 0.6) is 5.75 Å². The third-order valence-corrected chi connectivity index (χ3v) is 5.73. The van der Waals surface area contributed by atoms with E-state index in [-0.39, 0.29) is 28.8 Å². The van der Waals surface area contributed by atoms with Gasteiger partial charge in [0.1, 0.15) is 23.7 Å². The molecule has 0 radical (unpaired) electrons. The lowest BCUT2D eigenvalue weighted by molar-refractivity contribution is -0.274. The van der Waals surface area contributed by atoms with E-state index in [1.54, 1.807) is 23.1 Å². The number of likely N-dealkylation sites (tertiary alicyclic amines) is 1. The largest absolute Gasteiger partial charge is 0.573 e. The highest BCUT2D eigenvalue weighted by atomic mass is 19.4. The molecule has 1 fully saturated rings. The van der Waals surface area contributed by atoms with Gasteiger partial charge in [-0.25, -0.2) is 4.98 Å². The molecule has 1 atom stereocenters. The van der Waals surface area contributed by atoms with Crippen molar-refractivity contribution >= 4 is 5.91 Å². The van der Waals surface area contributed by atoms with Crippen molar-refractivity contribution < 1.29 is 27.1 Å². The zero-order chi connectivity index (χ0) is 24.6. The van der Waals surface area contributed by atoms with Gasteiger partial charge in [0.25, 0.3) is 5.91 Å². The average molecular weight is 483 g/mol. The second-order valence-corrected chi connectivity index (χ2v) is 8.11. The predicted molar refractivity (Wildman–Crippen MR) is 118 cm³/mol. The van der Waals surface area contributed by atoms with Crippen LogP contribution in [0.25, 0.3) is 16.9 Å². The van der Waals surface area contributed by atoms with Gasteiger partial charge in [-0.15, -0.1) is 13.2 Å². The average Bonchev–Trinajstić information content (AvgIpc) is 3.59. The fourth-order valence-electron chi connectivity index (χ4n) is 4.21. The molecule has 0 unspecified atom stereocenters. The van der Waals surface area contributed by atoms with Gasteiger partial charge in [-0.05, 0) is 44.0 Å². The lowest BCUT2D eigenvalue weighted by Crippen LogP contribution is -2.31. The summed E-state index contributed by atoms with van der Waals surface area (Å²) < 4.78 is 48.3. The normalized spacial score (nSPS) is 16.0.